The Hall–Kier alpha value is -2.93. The third-order valence-corrected chi connectivity index (χ3v) is 3.54. The number of para-hydroxylation sites is 1. The minimum Gasteiger partial charge on any atom is -0.497 e. The first-order chi connectivity index (χ1) is 10.8. The van der Waals surface area contributed by atoms with E-state index in [-0.39, 0.29) is 0 Å². The van der Waals surface area contributed by atoms with Crippen LogP contribution in [0, 0.1) is 11.3 Å². The molecule has 1 heterocycles. The van der Waals surface area contributed by atoms with Gasteiger partial charge in [-0.15, -0.1) is 0 Å². The molecule has 0 fully saturated rings. The van der Waals surface area contributed by atoms with Crippen LogP contribution < -0.4 is 9.47 Å². The van der Waals surface area contributed by atoms with Gasteiger partial charge in [0.05, 0.1) is 19.2 Å². The fourth-order valence-corrected chi connectivity index (χ4v) is 2.61. The number of aromatic nitrogens is 1. The summed E-state index contributed by atoms with van der Waals surface area (Å²) in [5.41, 5.74) is 2.35. The number of hydrogen-bond acceptors (Lipinski definition) is 3. The molecule has 110 valence electrons. The number of hydrogen-bond donors (Lipinski definition) is 0. The second kappa shape index (κ2) is 5.82. The van der Waals surface area contributed by atoms with Crippen molar-refractivity contribution in [3.63, 3.8) is 0 Å². The molecule has 0 N–H and O–H groups in total. The van der Waals surface area contributed by atoms with Gasteiger partial charge < -0.3 is 9.47 Å². The highest BCUT2D eigenvalue weighted by atomic mass is 16.5. The van der Waals surface area contributed by atoms with Gasteiger partial charge in [0.25, 0.3) is 0 Å². The summed E-state index contributed by atoms with van der Waals surface area (Å²) in [6, 6.07) is 17.8. The van der Waals surface area contributed by atoms with Crippen LogP contribution in [-0.2, 0) is 0 Å². The van der Waals surface area contributed by atoms with Gasteiger partial charge in [0.15, 0.2) is 11.4 Å². The number of methoxy groups -OCH3 is 1. The molecule has 22 heavy (non-hydrogen) atoms. The van der Waals surface area contributed by atoms with Crippen LogP contribution in [0.15, 0.2) is 48.5 Å². The molecular formula is C18H16N2O2. The largest absolute Gasteiger partial charge is 0.497 e. The Morgan fingerprint density at radius 3 is 2.55 bits per heavy atom. The van der Waals surface area contributed by atoms with Crippen LogP contribution >= 0.6 is 0 Å². The van der Waals surface area contributed by atoms with Crippen molar-refractivity contribution in [2.24, 2.45) is 0 Å². The molecule has 0 saturated heterocycles. The van der Waals surface area contributed by atoms with E-state index >= 15 is 0 Å². The predicted octanol–water partition coefficient (Wildman–Crippen LogP) is 3.91. The first-order valence-electron chi connectivity index (χ1n) is 7.11. The van der Waals surface area contributed by atoms with Gasteiger partial charge in [-0.3, -0.25) is 4.57 Å². The lowest BCUT2D eigenvalue weighted by Gasteiger charge is -2.07. The first kappa shape index (κ1) is 14.0. The predicted molar refractivity (Wildman–Crippen MR) is 85.7 cm³/mol. The molecule has 2 aromatic carbocycles. The molecular weight excluding hydrogens is 276 g/mol. The minimum atomic E-state index is 0.497. The molecule has 3 aromatic rings. The summed E-state index contributed by atoms with van der Waals surface area (Å²) in [5.74, 6) is 1.34. The van der Waals surface area contributed by atoms with Crippen molar-refractivity contribution in [2.75, 3.05) is 13.7 Å². The van der Waals surface area contributed by atoms with Crippen LogP contribution in [0.3, 0.4) is 0 Å². The van der Waals surface area contributed by atoms with Gasteiger partial charge in [0.2, 0.25) is 0 Å². The number of nitrogens with zero attached hydrogens (tertiary/aromatic N) is 2. The molecule has 0 aliphatic heterocycles. The number of nitriles is 1. The molecule has 0 bridgehead atoms. The molecule has 0 aliphatic rings. The molecule has 4 heteroatoms. The zero-order valence-electron chi connectivity index (χ0n) is 12.5. The van der Waals surface area contributed by atoms with Crippen molar-refractivity contribution in [1.82, 2.24) is 4.57 Å². The highest BCUT2D eigenvalue weighted by molar-refractivity contribution is 5.92. The molecule has 1 aromatic heterocycles. The molecule has 0 unspecified atom stereocenters. The summed E-state index contributed by atoms with van der Waals surface area (Å²) in [5, 5.41) is 10.5. The van der Waals surface area contributed by atoms with Crippen molar-refractivity contribution in [1.29, 1.82) is 5.26 Å². The Morgan fingerprint density at radius 1 is 1.14 bits per heavy atom. The lowest BCUT2D eigenvalue weighted by Crippen LogP contribution is -1.98. The minimum absolute atomic E-state index is 0.497. The zero-order valence-corrected chi connectivity index (χ0v) is 12.5. The van der Waals surface area contributed by atoms with Gasteiger partial charge in [-0.05, 0) is 37.3 Å². The standard InChI is InChI=1S/C18H16N2O2/c1-3-22-18-15-11-14(21-2)9-10-16(15)20(17(18)12-19)13-7-5-4-6-8-13/h4-11H,3H2,1-2H3. The van der Waals surface area contributed by atoms with E-state index in [0.717, 1.165) is 22.3 Å². The van der Waals surface area contributed by atoms with Gasteiger partial charge in [0, 0.05) is 11.1 Å². The Kier molecular flexibility index (Phi) is 3.71. The van der Waals surface area contributed by atoms with Crippen molar-refractivity contribution < 1.29 is 9.47 Å². The third-order valence-electron chi connectivity index (χ3n) is 3.54. The van der Waals surface area contributed by atoms with Crippen molar-refractivity contribution >= 4 is 10.9 Å². The van der Waals surface area contributed by atoms with Crippen LogP contribution in [-0.4, -0.2) is 18.3 Å². The molecule has 0 radical (unpaired) electrons. The molecule has 0 saturated carbocycles. The normalized spacial score (nSPS) is 10.4. The van der Waals surface area contributed by atoms with Crippen molar-refractivity contribution in [2.45, 2.75) is 6.92 Å². The summed E-state index contributed by atoms with van der Waals surface area (Å²) >= 11 is 0. The van der Waals surface area contributed by atoms with Crippen LogP contribution in [0.4, 0.5) is 0 Å². The number of rotatable bonds is 4. The lowest BCUT2D eigenvalue weighted by atomic mass is 10.2. The lowest BCUT2D eigenvalue weighted by molar-refractivity contribution is 0.342. The Labute approximate surface area is 129 Å². The van der Waals surface area contributed by atoms with Gasteiger partial charge >= 0.3 is 0 Å². The van der Waals surface area contributed by atoms with E-state index in [9.17, 15) is 5.26 Å². The quantitative estimate of drug-likeness (QED) is 0.732. The maximum atomic E-state index is 9.63. The van der Waals surface area contributed by atoms with Gasteiger partial charge in [-0.25, -0.2) is 0 Å². The van der Waals surface area contributed by atoms with E-state index < -0.39 is 0 Å². The van der Waals surface area contributed by atoms with Crippen LogP contribution in [0.1, 0.15) is 12.6 Å². The van der Waals surface area contributed by atoms with Crippen LogP contribution in [0.5, 0.6) is 11.5 Å². The molecule has 0 aliphatic carbocycles. The molecule has 0 amide bonds. The highest BCUT2D eigenvalue weighted by Gasteiger charge is 2.19. The van der Waals surface area contributed by atoms with Gasteiger partial charge in [-0.2, -0.15) is 5.26 Å². The maximum absolute atomic E-state index is 9.63. The maximum Gasteiger partial charge on any atom is 0.168 e. The first-order valence-corrected chi connectivity index (χ1v) is 7.11. The van der Waals surface area contributed by atoms with Crippen molar-refractivity contribution in [3.05, 3.63) is 54.2 Å². The van der Waals surface area contributed by atoms with Crippen LogP contribution in [0.25, 0.3) is 16.6 Å². The van der Waals surface area contributed by atoms with Gasteiger partial charge in [0.1, 0.15) is 11.8 Å². The Bertz CT molecular complexity index is 845. The Morgan fingerprint density at radius 2 is 1.91 bits per heavy atom. The monoisotopic (exact) mass is 292 g/mol. The average molecular weight is 292 g/mol. The topological polar surface area (TPSA) is 47.2 Å². The van der Waals surface area contributed by atoms with E-state index in [4.69, 9.17) is 9.47 Å². The summed E-state index contributed by atoms with van der Waals surface area (Å²) in [6.07, 6.45) is 0. The smallest absolute Gasteiger partial charge is 0.168 e. The second-order valence-corrected chi connectivity index (χ2v) is 4.78. The second-order valence-electron chi connectivity index (χ2n) is 4.78. The third kappa shape index (κ3) is 2.17. The van der Waals surface area contributed by atoms with E-state index in [1.54, 1.807) is 7.11 Å². The number of ether oxygens (including phenoxy) is 2. The highest BCUT2D eigenvalue weighted by Crippen LogP contribution is 2.37. The SMILES string of the molecule is CCOc1c(C#N)n(-c2ccccc2)c2ccc(OC)cc12. The summed E-state index contributed by atoms with van der Waals surface area (Å²) in [7, 11) is 1.63. The summed E-state index contributed by atoms with van der Waals surface area (Å²) < 4.78 is 13.0. The van der Waals surface area contributed by atoms with Gasteiger partial charge in [-0.1, -0.05) is 18.2 Å². The Balaban J connectivity index is 2.38. The van der Waals surface area contributed by atoms with E-state index in [1.807, 2.05) is 60.0 Å². The molecule has 0 atom stereocenters. The zero-order chi connectivity index (χ0) is 15.5. The number of benzene rings is 2. The summed E-state index contributed by atoms with van der Waals surface area (Å²) in [6.45, 7) is 2.41. The van der Waals surface area contributed by atoms with E-state index in [1.165, 1.54) is 0 Å². The molecule has 0 spiro atoms. The fourth-order valence-electron chi connectivity index (χ4n) is 2.61. The average Bonchev–Trinajstić information content (AvgIpc) is 2.89. The number of fused-ring (bicyclic) bond motifs is 1. The van der Waals surface area contributed by atoms with Crippen LogP contribution in [0.2, 0.25) is 0 Å². The van der Waals surface area contributed by atoms with E-state index in [0.29, 0.717) is 18.1 Å². The molecule has 4 nitrogen and oxygen atoms in total. The fraction of sp³-hybridized carbons (Fsp3) is 0.167. The van der Waals surface area contributed by atoms with Crippen molar-refractivity contribution in [3.8, 4) is 23.3 Å². The molecule has 3 rings (SSSR count). The van der Waals surface area contributed by atoms with E-state index in [2.05, 4.69) is 6.07 Å². The summed E-state index contributed by atoms with van der Waals surface area (Å²) in [4.78, 5) is 0.